The molecule has 2 rings (SSSR count). The Labute approximate surface area is 116 Å². The highest BCUT2D eigenvalue weighted by molar-refractivity contribution is 5.85. The van der Waals surface area contributed by atoms with Crippen molar-refractivity contribution in [3.63, 3.8) is 0 Å². The number of rotatable bonds is 4. The fraction of sp³-hybridized carbons (Fsp3) is 0.923. The second-order valence-electron chi connectivity index (χ2n) is 5.36. The molecule has 2 aliphatic rings. The molecule has 0 aromatic carbocycles. The van der Waals surface area contributed by atoms with Gasteiger partial charge in [-0.15, -0.1) is 12.4 Å². The minimum Gasteiger partial charge on any atom is -0.383 e. The van der Waals surface area contributed by atoms with Crippen molar-refractivity contribution in [3.8, 4) is 0 Å². The molecule has 1 amide bonds. The van der Waals surface area contributed by atoms with E-state index in [2.05, 4.69) is 5.32 Å². The molecule has 1 heterocycles. The van der Waals surface area contributed by atoms with Crippen LogP contribution < -0.4 is 5.32 Å². The van der Waals surface area contributed by atoms with E-state index < -0.39 is 0 Å². The Morgan fingerprint density at radius 3 is 2.78 bits per heavy atom. The third-order valence-electron chi connectivity index (χ3n) is 4.17. The second kappa shape index (κ2) is 7.31. The van der Waals surface area contributed by atoms with Crippen molar-refractivity contribution in [1.29, 1.82) is 0 Å². The first-order chi connectivity index (χ1) is 8.22. The molecule has 1 saturated carbocycles. The molecule has 3 atom stereocenters. The molecule has 0 aromatic rings. The molecule has 1 saturated heterocycles. The molecule has 1 aliphatic carbocycles. The maximum absolute atomic E-state index is 12.2. The van der Waals surface area contributed by atoms with Gasteiger partial charge in [0.15, 0.2) is 0 Å². The zero-order valence-electron chi connectivity index (χ0n) is 11.4. The summed E-state index contributed by atoms with van der Waals surface area (Å²) in [5, 5.41) is 3.52. The van der Waals surface area contributed by atoms with Gasteiger partial charge in [0.2, 0.25) is 5.91 Å². The van der Waals surface area contributed by atoms with Gasteiger partial charge in [0, 0.05) is 26.7 Å². The number of nitrogens with zero attached hydrogens (tertiary/aromatic N) is 1. The van der Waals surface area contributed by atoms with Crippen LogP contribution in [0.15, 0.2) is 0 Å². The summed E-state index contributed by atoms with van der Waals surface area (Å²) in [5.41, 5.74) is 0. The van der Waals surface area contributed by atoms with E-state index >= 15 is 0 Å². The summed E-state index contributed by atoms with van der Waals surface area (Å²) >= 11 is 0. The first-order valence-corrected chi connectivity index (χ1v) is 6.72. The van der Waals surface area contributed by atoms with Crippen LogP contribution in [0.4, 0.5) is 0 Å². The average Bonchev–Trinajstić information content (AvgIpc) is 2.78. The predicted octanol–water partition coefficient (Wildman–Crippen LogP) is 1.43. The van der Waals surface area contributed by atoms with Gasteiger partial charge in [-0.05, 0) is 25.2 Å². The van der Waals surface area contributed by atoms with Crippen molar-refractivity contribution in [3.05, 3.63) is 0 Å². The fourth-order valence-corrected chi connectivity index (χ4v) is 3.11. The van der Waals surface area contributed by atoms with Crippen molar-refractivity contribution in [2.24, 2.45) is 5.92 Å². The van der Waals surface area contributed by atoms with Crippen LogP contribution in [0.5, 0.6) is 0 Å². The molecule has 18 heavy (non-hydrogen) atoms. The number of carbonyl (C=O) groups excluding carboxylic acids is 1. The van der Waals surface area contributed by atoms with Crippen molar-refractivity contribution in [1.82, 2.24) is 10.2 Å². The minimum atomic E-state index is 0. The summed E-state index contributed by atoms with van der Waals surface area (Å²) in [6.45, 7) is 1.30. The summed E-state index contributed by atoms with van der Waals surface area (Å²) in [7, 11) is 3.53. The Bertz CT molecular complexity index is 262. The Morgan fingerprint density at radius 1 is 1.39 bits per heavy atom. The lowest BCUT2D eigenvalue weighted by Crippen LogP contribution is -2.44. The Hall–Kier alpha value is -0.320. The molecule has 5 heteroatoms. The number of halogens is 1. The van der Waals surface area contributed by atoms with Crippen molar-refractivity contribution in [2.75, 3.05) is 27.3 Å². The van der Waals surface area contributed by atoms with E-state index in [0.29, 0.717) is 19.2 Å². The Kier molecular flexibility index (Phi) is 6.39. The zero-order valence-corrected chi connectivity index (χ0v) is 12.2. The Morgan fingerprint density at radius 2 is 2.11 bits per heavy atom. The van der Waals surface area contributed by atoms with Crippen LogP contribution in [0.25, 0.3) is 0 Å². The summed E-state index contributed by atoms with van der Waals surface area (Å²) < 4.78 is 5.01. The summed E-state index contributed by atoms with van der Waals surface area (Å²) in [6.07, 6.45) is 6.22. The van der Waals surface area contributed by atoms with Crippen LogP contribution in [0.2, 0.25) is 0 Å². The van der Waals surface area contributed by atoms with E-state index in [0.717, 1.165) is 12.3 Å². The number of carbonyl (C=O) groups is 1. The highest BCUT2D eigenvalue weighted by atomic mass is 35.5. The lowest BCUT2D eigenvalue weighted by atomic mass is 9.85. The van der Waals surface area contributed by atoms with Gasteiger partial charge in [-0.3, -0.25) is 4.79 Å². The van der Waals surface area contributed by atoms with Gasteiger partial charge in [0.05, 0.1) is 12.6 Å². The maximum Gasteiger partial charge on any atom is 0.239 e. The quantitative estimate of drug-likeness (QED) is 0.845. The highest BCUT2D eigenvalue weighted by Gasteiger charge is 2.38. The summed E-state index contributed by atoms with van der Waals surface area (Å²) in [6, 6.07) is 0.637. The number of methoxy groups -OCH3 is 1. The van der Waals surface area contributed by atoms with Gasteiger partial charge in [0.1, 0.15) is 0 Å². The molecule has 2 fully saturated rings. The first kappa shape index (κ1) is 15.7. The van der Waals surface area contributed by atoms with Gasteiger partial charge in [0.25, 0.3) is 0 Å². The van der Waals surface area contributed by atoms with Gasteiger partial charge in [-0.25, -0.2) is 0 Å². The molecular formula is C13H25ClN2O2. The lowest BCUT2D eigenvalue weighted by molar-refractivity contribution is -0.132. The molecule has 0 bridgehead atoms. The molecule has 4 nitrogen and oxygen atoms in total. The Balaban J connectivity index is 0.00000162. The van der Waals surface area contributed by atoms with Crippen LogP contribution in [0.1, 0.15) is 32.1 Å². The van der Waals surface area contributed by atoms with Crippen molar-refractivity contribution < 1.29 is 9.53 Å². The minimum absolute atomic E-state index is 0. The van der Waals surface area contributed by atoms with Crippen LogP contribution in [0, 0.1) is 5.92 Å². The van der Waals surface area contributed by atoms with Crippen LogP contribution in [-0.4, -0.2) is 50.2 Å². The molecular weight excluding hydrogens is 252 g/mol. The van der Waals surface area contributed by atoms with Crippen LogP contribution in [0.3, 0.4) is 0 Å². The van der Waals surface area contributed by atoms with E-state index in [1.165, 1.54) is 25.7 Å². The largest absolute Gasteiger partial charge is 0.383 e. The topological polar surface area (TPSA) is 41.6 Å². The smallest absolute Gasteiger partial charge is 0.239 e. The monoisotopic (exact) mass is 276 g/mol. The number of hydrogen-bond acceptors (Lipinski definition) is 3. The lowest BCUT2D eigenvalue weighted by Gasteiger charge is -2.24. The van der Waals surface area contributed by atoms with E-state index in [1.807, 2.05) is 7.05 Å². The fourth-order valence-electron chi connectivity index (χ4n) is 3.11. The van der Waals surface area contributed by atoms with Gasteiger partial charge in [-0.2, -0.15) is 0 Å². The molecule has 0 aromatic heterocycles. The molecule has 1 N–H and O–H groups in total. The number of amides is 1. The van der Waals surface area contributed by atoms with E-state index in [9.17, 15) is 4.79 Å². The number of fused-ring (bicyclic) bond motifs is 1. The molecule has 0 spiro atoms. The second-order valence-corrected chi connectivity index (χ2v) is 5.36. The maximum atomic E-state index is 12.2. The molecule has 1 aliphatic heterocycles. The van der Waals surface area contributed by atoms with E-state index in [-0.39, 0.29) is 24.4 Å². The molecule has 3 unspecified atom stereocenters. The number of ether oxygens (including phenoxy) is 1. The number of nitrogens with one attached hydrogen (secondary N) is 1. The van der Waals surface area contributed by atoms with Gasteiger partial charge in [-0.1, -0.05) is 12.8 Å². The SMILES string of the molecule is COCCN(C)C(=O)C1CC2CCCCC2N1.Cl. The zero-order chi connectivity index (χ0) is 12.3. The van der Waals surface area contributed by atoms with Gasteiger partial charge >= 0.3 is 0 Å². The van der Waals surface area contributed by atoms with E-state index in [1.54, 1.807) is 12.0 Å². The third-order valence-corrected chi connectivity index (χ3v) is 4.17. The predicted molar refractivity (Wildman–Crippen MR) is 74.0 cm³/mol. The van der Waals surface area contributed by atoms with Gasteiger partial charge < -0.3 is 15.0 Å². The standard InChI is InChI=1S/C13H24N2O2.ClH/c1-15(7-8-17-2)13(16)12-9-10-5-3-4-6-11(10)14-12;/h10-12,14H,3-9H2,1-2H3;1H. The van der Waals surface area contributed by atoms with Crippen molar-refractivity contribution >= 4 is 18.3 Å². The summed E-state index contributed by atoms with van der Waals surface area (Å²) in [5.74, 6) is 0.963. The normalized spacial score (nSPS) is 30.4. The van der Waals surface area contributed by atoms with Crippen LogP contribution >= 0.6 is 12.4 Å². The van der Waals surface area contributed by atoms with E-state index in [4.69, 9.17) is 4.74 Å². The van der Waals surface area contributed by atoms with Crippen LogP contribution in [-0.2, 0) is 9.53 Å². The molecule has 106 valence electrons. The number of hydrogen-bond donors (Lipinski definition) is 1. The van der Waals surface area contributed by atoms with Crippen molar-refractivity contribution in [2.45, 2.75) is 44.2 Å². The number of likely N-dealkylation sites (N-methyl/N-ethyl adjacent to an activating group) is 1. The molecule has 0 radical (unpaired) electrons. The average molecular weight is 277 g/mol. The first-order valence-electron chi connectivity index (χ1n) is 6.72. The highest BCUT2D eigenvalue weighted by Crippen LogP contribution is 2.33. The summed E-state index contributed by atoms with van der Waals surface area (Å²) in [4.78, 5) is 14.0. The third kappa shape index (κ3) is 3.59.